The highest BCUT2D eigenvalue weighted by atomic mass is 32.1. The number of carbonyl (C=O) groups excluding carboxylic acids is 1. The molecule has 0 bridgehead atoms. The number of ether oxygens (including phenoxy) is 1. The van der Waals surface area contributed by atoms with Crippen LogP contribution < -0.4 is 10.1 Å². The second-order valence-corrected chi connectivity index (χ2v) is 8.76. The minimum Gasteiger partial charge on any atom is -0.497 e. The number of methoxy groups -OCH3 is 1. The zero-order chi connectivity index (χ0) is 18.9. The summed E-state index contributed by atoms with van der Waals surface area (Å²) in [4.78, 5) is 22.3. The number of aryl methyl sites for hydroxylation is 1. The molecule has 1 N–H and O–H groups in total. The molecule has 0 fully saturated rings. The molecule has 136 valence electrons. The monoisotopic (exact) mass is 387 g/mol. The molecule has 0 aliphatic rings. The number of hydrogen-bond acceptors (Lipinski definition) is 6. The van der Waals surface area contributed by atoms with E-state index in [1.165, 1.54) is 22.7 Å². The van der Waals surface area contributed by atoms with Crippen LogP contribution in [-0.2, 0) is 5.41 Å². The molecule has 26 heavy (non-hydrogen) atoms. The Morgan fingerprint density at radius 3 is 2.42 bits per heavy atom. The molecule has 0 spiro atoms. The minimum atomic E-state index is -0.172. The molecule has 7 heteroatoms. The maximum absolute atomic E-state index is 12.6. The number of amides is 1. The minimum absolute atomic E-state index is 0.0403. The summed E-state index contributed by atoms with van der Waals surface area (Å²) in [6.07, 6.45) is 0. The number of aromatic nitrogens is 2. The molecule has 5 nitrogen and oxygen atoms in total. The number of thiazole rings is 2. The van der Waals surface area contributed by atoms with E-state index in [1.807, 2.05) is 36.6 Å². The molecule has 1 amide bonds. The molecule has 0 aliphatic heterocycles. The predicted molar refractivity (Wildman–Crippen MR) is 108 cm³/mol. The molecule has 0 atom stereocenters. The molecule has 2 aromatic heterocycles. The van der Waals surface area contributed by atoms with E-state index in [1.54, 1.807) is 7.11 Å². The highest BCUT2D eigenvalue weighted by Gasteiger charge is 2.20. The number of rotatable bonds is 4. The van der Waals surface area contributed by atoms with E-state index in [0.717, 1.165) is 22.0 Å². The van der Waals surface area contributed by atoms with E-state index in [2.05, 4.69) is 36.1 Å². The topological polar surface area (TPSA) is 64.1 Å². The number of carbonyl (C=O) groups is 1. The van der Waals surface area contributed by atoms with E-state index >= 15 is 0 Å². The lowest BCUT2D eigenvalue weighted by atomic mass is 9.93. The maximum Gasteiger partial charge on any atom is 0.269 e. The van der Waals surface area contributed by atoms with Crippen LogP contribution in [-0.4, -0.2) is 23.0 Å². The molecule has 0 saturated heterocycles. The summed E-state index contributed by atoms with van der Waals surface area (Å²) >= 11 is 2.82. The van der Waals surface area contributed by atoms with Gasteiger partial charge in [0, 0.05) is 16.4 Å². The first-order valence-corrected chi connectivity index (χ1v) is 9.87. The van der Waals surface area contributed by atoms with Crippen LogP contribution in [0.4, 0.5) is 5.13 Å². The van der Waals surface area contributed by atoms with Gasteiger partial charge in [0.05, 0.1) is 18.5 Å². The standard InChI is InChI=1S/C19H21N3O2S2/c1-11-15(16(23)22-18-21-14(10-25-18)19(2,3)4)26-17(20-11)12-6-8-13(24-5)9-7-12/h6-10H,1-5H3,(H,21,22,23). The van der Waals surface area contributed by atoms with Crippen LogP contribution in [0.25, 0.3) is 10.6 Å². The largest absolute Gasteiger partial charge is 0.497 e. The second-order valence-electron chi connectivity index (χ2n) is 6.90. The van der Waals surface area contributed by atoms with Gasteiger partial charge in [-0.2, -0.15) is 0 Å². The second kappa shape index (κ2) is 7.17. The molecule has 3 aromatic rings. The maximum atomic E-state index is 12.6. The summed E-state index contributed by atoms with van der Waals surface area (Å²) in [6, 6.07) is 7.65. The lowest BCUT2D eigenvalue weighted by Gasteiger charge is -2.14. The van der Waals surface area contributed by atoms with Crippen LogP contribution in [0.1, 0.15) is 41.8 Å². The van der Waals surface area contributed by atoms with Crippen molar-refractivity contribution in [3.63, 3.8) is 0 Å². The summed E-state index contributed by atoms with van der Waals surface area (Å²) in [7, 11) is 1.63. The van der Waals surface area contributed by atoms with Gasteiger partial charge in [0.1, 0.15) is 15.6 Å². The smallest absolute Gasteiger partial charge is 0.269 e. The zero-order valence-electron chi connectivity index (χ0n) is 15.4. The van der Waals surface area contributed by atoms with Gasteiger partial charge in [-0.3, -0.25) is 10.1 Å². The van der Waals surface area contributed by atoms with Gasteiger partial charge < -0.3 is 4.74 Å². The van der Waals surface area contributed by atoms with Crippen molar-refractivity contribution in [2.75, 3.05) is 12.4 Å². The van der Waals surface area contributed by atoms with Gasteiger partial charge in [0.25, 0.3) is 5.91 Å². The van der Waals surface area contributed by atoms with Crippen molar-refractivity contribution in [3.8, 4) is 16.3 Å². The van der Waals surface area contributed by atoms with Crippen molar-refractivity contribution < 1.29 is 9.53 Å². The number of hydrogen-bond donors (Lipinski definition) is 1. The van der Waals surface area contributed by atoms with Gasteiger partial charge in [-0.1, -0.05) is 20.8 Å². The molecule has 0 saturated carbocycles. The fourth-order valence-corrected chi connectivity index (χ4v) is 4.19. The molecular formula is C19H21N3O2S2. The Hall–Kier alpha value is -2.25. The van der Waals surface area contributed by atoms with E-state index in [-0.39, 0.29) is 11.3 Å². The average Bonchev–Trinajstić information content (AvgIpc) is 3.21. The van der Waals surface area contributed by atoms with E-state index < -0.39 is 0 Å². The summed E-state index contributed by atoms with van der Waals surface area (Å²) in [6.45, 7) is 8.15. The van der Waals surface area contributed by atoms with E-state index in [9.17, 15) is 4.79 Å². The highest BCUT2D eigenvalue weighted by molar-refractivity contribution is 7.17. The third-order valence-electron chi connectivity index (χ3n) is 3.83. The Morgan fingerprint density at radius 2 is 1.85 bits per heavy atom. The quantitative estimate of drug-likeness (QED) is 0.674. The van der Waals surface area contributed by atoms with Crippen molar-refractivity contribution in [3.05, 3.63) is 45.9 Å². The molecule has 0 unspecified atom stereocenters. The van der Waals surface area contributed by atoms with Crippen LogP contribution in [0, 0.1) is 6.92 Å². The first-order chi connectivity index (χ1) is 12.3. The Balaban J connectivity index is 1.79. The number of anilines is 1. The van der Waals surface area contributed by atoms with Crippen LogP contribution in [0.3, 0.4) is 0 Å². The fourth-order valence-electron chi connectivity index (χ4n) is 2.29. The average molecular weight is 388 g/mol. The van der Waals surface area contributed by atoms with Crippen LogP contribution in [0.15, 0.2) is 29.6 Å². The number of nitrogens with one attached hydrogen (secondary N) is 1. The Labute approximate surface area is 161 Å². The molecule has 0 radical (unpaired) electrons. The lowest BCUT2D eigenvalue weighted by molar-refractivity contribution is 0.102. The van der Waals surface area contributed by atoms with Crippen molar-refractivity contribution >= 4 is 33.7 Å². The molecule has 2 heterocycles. The predicted octanol–water partition coefficient (Wildman–Crippen LogP) is 5.13. The lowest BCUT2D eigenvalue weighted by Crippen LogP contribution is -2.14. The van der Waals surface area contributed by atoms with Gasteiger partial charge in [-0.05, 0) is 31.2 Å². The van der Waals surface area contributed by atoms with Crippen molar-refractivity contribution in [1.29, 1.82) is 0 Å². The van der Waals surface area contributed by atoms with Gasteiger partial charge in [0.15, 0.2) is 5.13 Å². The first kappa shape index (κ1) is 18.5. The van der Waals surface area contributed by atoms with E-state index in [4.69, 9.17) is 4.74 Å². The van der Waals surface area contributed by atoms with E-state index in [0.29, 0.717) is 15.7 Å². The van der Waals surface area contributed by atoms with Gasteiger partial charge in [-0.15, -0.1) is 22.7 Å². The van der Waals surface area contributed by atoms with Crippen molar-refractivity contribution in [2.24, 2.45) is 0 Å². The third-order valence-corrected chi connectivity index (χ3v) is 5.80. The Bertz CT molecular complexity index is 921. The normalized spacial score (nSPS) is 11.4. The number of benzene rings is 1. The van der Waals surface area contributed by atoms with Gasteiger partial charge in [-0.25, -0.2) is 9.97 Å². The Kier molecular flexibility index (Phi) is 5.11. The fraction of sp³-hybridized carbons (Fsp3) is 0.316. The number of nitrogens with zero attached hydrogens (tertiary/aromatic N) is 2. The van der Waals surface area contributed by atoms with Crippen LogP contribution in [0.5, 0.6) is 5.75 Å². The summed E-state index contributed by atoms with van der Waals surface area (Å²) < 4.78 is 5.18. The van der Waals surface area contributed by atoms with Crippen molar-refractivity contribution in [2.45, 2.75) is 33.1 Å². The zero-order valence-corrected chi connectivity index (χ0v) is 17.0. The Morgan fingerprint density at radius 1 is 1.15 bits per heavy atom. The molecule has 1 aromatic carbocycles. The van der Waals surface area contributed by atoms with Crippen LogP contribution >= 0.6 is 22.7 Å². The summed E-state index contributed by atoms with van der Waals surface area (Å²) in [5.74, 6) is 0.619. The summed E-state index contributed by atoms with van der Waals surface area (Å²) in [5.41, 5.74) is 2.60. The molecule has 0 aliphatic carbocycles. The van der Waals surface area contributed by atoms with Gasteiger partial charge >= 0.3 is 0 Å². The van der Waals surface area contributed by atoms with Crippen molar-refractivity contribution in [1.82, 2.24) is 9.97 Å². The van der Waals surface area contributed by atoms with Gasteiger partial charge in [0.2, 0.25) is 0 Å². The highest BCUT2D eigenvalue weighted by Crippen LogP contribution is 2.31. The SMILES string of the molecule is COc1ccc(-c2nc(C)c(C(=O)Nc3nc(C(C)(C)C)cs3)s2)cc1. The summed E-state index contributed by atoms with van der Waals surface area (Å²) in [5, 5.41) is 6.30. The molecule has 3 rings (SSSR count). The van der Waals surface area contributed by atoms with Crippen LogP contribution in [0.2, 0.25) is 0 Å². The third kappa shape index (κ3) is 3.94. The first-order valence-electron chi connectivity index (χ1n) is 8.17. The molecular weight excluding hydrogens is 366 g/mol.